The smallest absolute Gasteiger partial charge is 0.288 e. The summed E-state index contributed by atoms with van der Waals surface area (Å²) >= 11 is 6.92. The molecule has 1 N–H and O–H groups in total. The lowest BCUT2D eigenvalue weighted by molar-refractivity contribution is -0.124. The predicted octanol–water partition coefficient (Wildman–Crippen LogP) is 1.47. The summed E-state index contributed by atoms with van der Waals surface area (Å²) in [4.78, 5) is 39.7. The summed E-state index contributed by atoms with van der Waals surface area (Å²) in [7, 11) is 0. The Morgan fingerprint density at radius 2 is 2.30 bits per heavy atom. The first-order chi connectivity index (χ1) is 9.49. The Morgan fingerprint density at radius 1 is 1.55 bits per heavy atom. The van der Waals surface area contributed by atoms with Gasteiger partial charge < -0.3 is 5.32 Å². The summed E-state index contributed by atoms with van der Waals surface area (Å²) in [6.07, 6.45) is 1.40. The Balaban J connectivity index is 1.89. The molecule has 1 aromatic rings. The zero-order chi connectivity index (χ0) is 14.7. The van der Waals surface area contributed by atoms with E-state index in [1.807, 2.05) is 0 Å². The van der Waals surface area contributed by atoms with Crippen LogP contribution in [0.25, 0.3) is 0 Å². The van der Waals surface area contributed by atoms with Gasteiger partial charge in [0.2, 0.25) is 5.91 Å². The van der Waals surface area contributed by atoms with E-state index in [1.54, 1.807) is 13.0 Å². The van der Waals surface area contributed by atoms with Gasteiger partial charge in [0.15, 0.2) is 0 Å². The Bertz CT molecular complexity index is 563. The predicted molar refractivity (Wildman–Crippen MR) is 75.9 cm³/mol. The second-order valence-electron chi connectivity index (χ2n) is 4.16. The number of hydrogen-bond acceptors (Lipinski definition) is 5. The van der Waals surface area contributed by atoms with Gasteiger partial charge in [0.05, 0.1) is 16.3 Å². The van der Waals surface area contributed by atoms with Crippen molar-refractivity contribution in [3.63, 3.8) is 0 Å². The number of aryl methyl sites for hydroxylation is 1. The van der Waals surface area contributed by atoms with E-state index in [4.69, 9.17) is 11.6 Å². The van der Waals surface area contributed by atoms with E-state index >= 15 is 0 Å². The summed E-state index contributed by atoms with van der Waals surface area (Å²) in [5.41, 5.74) is 0.988. The van der Waals surface area contributed by atoms with E-state index in [0.29, 0.717) is 5.02 Å². The summed E-state index contributed by atoms with van der Waals surface area (Å²) in [6.45, 7) is 2.12. The molecule has 0 atom stereocenters. The van der Waals surface area contributed by atoms with Crippen LogP contribution in [0.3, 0.4) is 0 Å². The Kier molecular flexibility index (Phi) is 4.61. The van der Waals surface area contributed by atoms with Crippen LogP contribution in [0.2, 0.25) is 5.02 Å². The van der Waals surface area contributed by atoms with Crippen molar-refractivity contribution in [2.75, 3.05) is 18.8 Å². The van der Waals surface area contributed by atoms with Crippen LogP contribution in [0.5, 0.6) is 0 Å². The van der Waals surface area contributed by atoms with Gasteiger partial charge in [0.25, 0.3) is 11.1 Å². The number of halogens is 1. The second-order valence-corrected chi connectivity index (χ2v) is 5.50. The molecule has 3 amide bonds. The fourth-order valence-electron chi connectivity index (χ4n) is 1.67. The van der Waals surface area contributed by atoms with Gasteiger partial charge in [-0.25, -0.2) is 0 Å². The van der Waals surface area contributed by atoms with Crippen molar-refractivity contribution in [1.82, 2.24) is 15.2 Å². The molecule has 2 heterocycles. The quantitative estimate of drug-likeness (QED) is 0.910. The first kappa shape index (κ1) is 14.8. The third-order valence-electron chi connectivity index (χ3n) is 2.70. The van der Waals surface area contributed by atoms with Crippen molar-refractivity contribution < 1.29 is 14.4 Å². The van der Waals surface area contributed by atoms with Crippen LogP contribution < -0.4 is 5.32 Å². The topological polar surface area (TPSA) is 79.4 Å². The maximum Gasteiger partial charge on any atom is 0.288 e. The summed E-state index contributed by atoms with van der Waals surface area (Å²) in [5.74, 6) is -0.445. The second kappa shape index (κ2) is 6.23. The van der Waals surface area contributed by atoms with Gasteiger partial charge in [-0.15, -0.1) is 0 Å². The van der Waals surface area contributed by atoms with E-state index in [0.717, 1.165) is 22.4 Å². The number of carbonyl (C=O) groups is 3. The Hall–Kier alpha value is -1.60. The fourth-order valence-corrected chi connectivity index (χ4v) is 2.71. The number of nitrogens with one attached hydrogen (secondary N) is 1. The lowest BCUT2D eigenvalue weighted by Gasteiger charge is -2.13. The third-order valence-corrected chi connectivity index (χ3v) is 3.87. The molecule has 2 rings (SSSR count). The minimum Gasteiger partial charge on any atom is -0.350 e. The zero-order valence-corrected chi connectivity index (χ0v) is 12.3. The van der Waals surface area contributed by atoms with Crippen LogP contribution in [-0.2, 0) is 4.79 Å². The SMILES string of the molecule is Cc1cc(Cl)c(C(=O)NCCN2C(=O)CSC2=O)cn1. The van der Waals surface area contributed by atoms with Crippen molar-refractivity contribution in [3.05, 3.63) is 28.5 Å². The van der Waals surface area contributed by atoms with Crippen molar-refractivity contribution >= 4 is 40.4 Å². The first-order valence-corrected chi connectivity index (χ1v) is 7.23. The highest BCUT2D eigenvalue weighted by atomic mass is 35.5. The fraction of sp³-hybridized carbons (Fsp3) is 0.333. The minimum absolute atomic E-state index is 0.160. The van der Waals surface area contributed by atoms with Gasteiger partial charge >= 0.3 is 0 Å². The molecule has 1 fully saturated rings. The monoisotopic (exact) mass is 313 g/mol. The van der Waals surface area contributed by atoms with Crippen LogP contribution in [0.15, 0.2) is 12.3 Å². The molecule has 1 aliphatic rings. The molecule has 1 aromatic heterocycles. The van der Waals surface area contributed by atoms with E-state index in [-0.39, 0.29) is 41.5 Å². The van der Waals surface area contributed by atoms with Gasteiger partial charge in [-0.2, -0.15) is 0 Å². The summed E-state index contributed by atoms with van der Waals surface area (Å²) in [6, 6.07) is 1.60. The van der Waals surface area contributed by atoms with Crippen LogP contribution in [-0.4, -0.2) is 45.8 Å². The molecule has 0 aliphatic carbocycles. The minimum atomic E-state index is -0.380. The standard InChI is InChI=1S/C12H12ClN3O3S/c1-7-4-9(13)8(5-15-7)11(18)14-2-3-16-10(17)6-20-12(16)19/h4-5H,2-3,6H2,1H3,(H,14,18). The molecular formula is C12H12ClN3O3S. The van der Waals surface area contributed by atoms with Gasteiger partial charge in [-0.3, -0.25) is 24.3 Å². The highest BCUT2D eigenvalue weighted by Gasteiger charge is 2.29. The number of aromatic nitrogens is 1. The van der Waals surface area contributed by atoms with E-state index in [1.165, 1.54) is 6.20 Å². The molecule has 0 radical (unpaired) electrons. The van der Waals surface area contributed by atoms with Crippen molar-refractivity contribution in [1.29, 1.82) is 0 Å². The van der Waals surface area contributed by atoms with Crippen LogP contribution >= 0.6 is 23.4 Å². The number of carbonyl (C=O) groups excluding carboxylic acids is 3. The van der Waals surface area contributed by atoms with Gasteiger partial charge in [-0.1, -0.05) is 23.4 Å². The highest BCUT2D eigenvalue weighted by molar-refractivity contribution is 8.14. The van der Waals surface area contributed by atoms with E-state index in [2.05, 4.69) is 10.3 Å². The Labute approximate surface area is 124 Å². The average Bonchev–Trinajstić information content (AvgIpc) is 2.70. The number of pyridine rings is 1. The van der Waals surface area contributed by atoms with Crippen molar-refractivity contribution in [3.8, 4) is 0 Å². The van der Waals surface area contributed by atoms with Crippen molar-refractivity contribution in [2.24, 2.45) is 0 Å². The molecule has 6 nitrogen and oxygen atoms in total. The average molecular weight is 314 g/mol. The molecule has 0 unspecified atom stereocenters. The highest BCUT2D eigenvalue weighted by Crippen LogP contribution is 2.18. The van der Waals surface area contributed by atoms with E-state index in [9.17, 15) is 14.4 Å². The lowest BCUT2D eigenvalue weighted by Crippen LogP contribution is -2.37. The molecule has 0 saturated carbocycles. The largest absolute Gasteiger partial charge is 0.350 e. The van der Waals surface area contributed by atoms with Gasteiger partial charge in [0.1, 0.15) is 0 Å². The molecular weight excluding hydrogens is 302 g/mol. The number of thioether (sulfide) groups is 1. The van der Waals surface area contributed by atoms with Gasteiger partial charge in [0, 0.05) is 25.0 Å². The normalized spacial score (nSPS) is 14.8. The first-order valence-electron chi connectivity index (χ1n) is 5.86. The van der Waals surface area contributed by atoms with Crippen LogP contribution in [0.4, 0.5) is 4.79 Å². The third kappa shape index (κ3) is 3.29. The molecule has 0 bridgehead atoms. The zero-order valence-electron chi connectivity index (χ0n) is 10.7. The summed E-state index contributed by atoms with van der Waals surface area (Å²) in [5, 5.41) is 2.65. The lowest BCUT2D eigenvalue weighted by atomic mass is 10.2. The molecule has 106 valence electrons. The van der Waals surface area contributed by atoms with Crippen LogP contribution in [0.1, 0.15) is 16.1 Å². The summed E-state index contributed by atoms with van der Waals surface area (Å²) < 4.78 is 0. The van der Waals surface area contributed by atoms with Crippen molar-refractivity contribution in [2.45, 2.75) is 6.92 Å². The van der Waals surface area contributed by atoms with E-state index < -0.39 is 0 Å². The molecule has 1 saturated heterocycles. The molecule has 8 heteroatoms. The molecule has 1 aliphatic heterocycles. The maximum absolute atomic E-state index is 11.9. The molecule has 0 spiro atoms. The Morgan fingerprint density at radius 3 is 2.90 bits per heavy atom. The van der Waals surface area contributed by atoms with Crippen LogP contribution in [0, 0.1) is 6.92 Å². The number of hydrogen-bond donors (Lipinski definition) is 1. The number of rotatable bonds is 4. The number of imide groups is 1. The molecule has 20 heavy (non-hydrogen) atoms. The maximum atomic E-state index is 11.9. The van der Waals surface area contributed by atoms with Gasteiger partial charge in [-0.05, 0) is 13.0 Å². The molecule has 0 aromatic carbocycles. The number of nitrogens with zero attached hydrogens (tertiary/aromatic N) is 2. The number of amides is 3.